The Morgan fingerprint density at radius 2 is 1.49 bits per heavy atom. The van der Waals surface area contributed by atoms with Gasteiger partial charge in [-0.3, -0.25) is 4.79 Å². The normalized spacial score (nSPS) is 46.7. The Labute approximate surface area is 285 Å². The van der Waals surface area contributed by atoms with Crippen molar-refractivity contribution in [3.8, 4) is 0 Å². The van der Waals surface area contributed by atoms with Crippen LogP contribution in [0.5, 0.6) is 0 Å². The summed E-state index contributed by atoms with van der Waals surface area (Å²) in [7, 11) is 0. The fraction of sp³-hybridized carbons (Fsp3) is 0.647. The van der Waals surface area contributed by atoms with Gasteiger partial charge in [0, 0.05) is 37.7 Å². The molecule has 49 heavy (non-hydrogen) atoms. The summed E-state index contributed by atoms with van der Waals surface area (Å²) >= 11 is 0. The summed E-state index contributed by atoms with van der Waals surface area (Å²) in [4.78, 5) is 24.5. The van der Waals surface area contributed by atoms with Gasteiger partial charge in [0.25, 0.3) is 0 Å². The Hall–Kier alpha value is -2.80. The van der Waals surface area contributed by atoms with Crippen molar-refractivity contribution >= 4 is 11.9 Å². The number of aliphatic hydroxyl groups is 7. The van der Waals surface area contributed by atoms with Gasteiger partial charge in [0.15, 0.2) is 12.1 Å². The first-order chi connectivity index (χ1) is 23.0. The van der Waals surface area contributed by atoms with Crippen molar-refractivity contribution in [1.29, 1.82) is 0 Å². The molecule has 2 fully saturated rings. The van der Waals surface area contributed by atoms with Gasteiger partial charge in [-0.2, -0.15) is 0 Å². The fourth-order valence-corrected chi connectivity index (χ4v) is 5.86. The zero-order valence-electron chi connectivity index (χ0n) is 27.8. The molecular weight excluding hydrogens is 646 g/mol. The number of aliphatic hydroxyl groups excluding tert-OH is 6. The zero-order chi connectivity index (χ0) is 36.5. The molecule has 2 saturated heterocycles. The number of carboxylic acid groups (broad SMARTS) is 1. The molecule has 0 aromatic carbocycles. The second-order valence-corrected chi connectivity index (χ2v) is 13.0. The number of fused-ring (bicyclic) bond motifs is 2. The van der Waals surface area contributed by atoms with E-state index in [1.54, 1.807) is 50.3 Å². The second kappa shape index (κ2) is 18.4. The van der Waals surface area contributed by atoms with Gasteiger partial charge >= 0.3 is 11.9 Å². The molecule has 0 aromatic heterocycles. The maximum Gasteiger partial charge on any atom is 0.330 e. The van der Waals surface area contributed by atoms with Gasteiger partial charge in [-0.15, -0.1) is 0 Å². The number of rotatable bonds is 3. The Balaban J connectivity index is 1.94. The minimum absolute atomic E-state index is 0.171. The number of carbonyl (C=O) groups excluding carboxylic acids is 1. The van der Waals surface area contributed by atoms with Crippen LogP contribution in [0.1, 0.15) is 46.5 Å². The quantitative estimate of drug-likeness (QED) is 0.166. The Bertz CT molecular complexity index is 1240. The Morgan fingerprint density at radius 1 is 0.857 bits per heavy atom. The van der Waals surface area contributed by atoms with Crippen molar-refractivity contribution in [3.63, 3.8) is 0 Å². The van der Waals surface area contributed by atoms with Crippen LogP contribution in [0.3, 0.4) is 0 Å². The molecule has 15 atom stereocenters. The number of hydrogen-bond acceptors (Lipinski definition) is 14. The number of esters is 1. The molecule has 0 saturated carbocycles. The van der Waals surface area contributed by atoms with Crippen molar-refractivity contribution in [2.45, 2.75) is 126 Å². The summed E-state index contributed by atoms with van der Waals surface area (Å²) in [5.74, 6) is -6.15. The molecule has 0 aliphatic carbocycles. The standard InChI is InChI=1S/C34H51NO14/c1-18-10-8-6-4-5-7-9-11-22(48-33-31(42)29(35)30(41)20(3)47-33)15-26-28(32(43)44)25(39)17-34(45,49-26)16-21(36)14-24(38)23(37)12-13-27(40)46-19(18)2/h4-13,18-26,28-31,33,36-39,41-42,45H,14-17,35H2,1-3H3,(H,43,44)/b6-4+,7-5+,10-8+,11-9+,13-12+/t18-,19+,20+,21-,22-,23+,24+,25-,26?,28+,29-,30+,31-,33-,34+/m0/s1. The minimum Gasteiger partial charge on any atom is -0.481 e. The van der Waals surface area contributed by atoms with E-state index in [9.17, 15) is 50.4 Å². The van der Waals surface area contributed by atoms with Gasteiger partial charge in [0.1, 0.15) is 18.1 Å². The summed E-state index contributed by atoms with van der Waals surface area (Å²) in [6.45, 7) is 5.09. The number of carbonyl (C=O) groups is 2. The average molecular weight is 698 g/mol. The van der Waals surface area contributed by atoms with E-state index in [-0.39, 0.29) is 12.3 Å². The Morgan fingerprint density at radius 3 is 2.14 bits per heavy atom. The third kappa shape index (κ3) is 11.9. The number of hydrogen-bond donors (Lipinski definition) is 9. The van der Waals surface area contributed by atoms with Crippen LogP contribution >= 0.6 is 0 Å². The van der Waals surface area contributed by atoms with Gasteiger partial charge in [0.2, 0.25) is 0 Å². The maximum absolute atomic E-state index is 12.3. The van der Waals surface area contributed by atoms with Crippen molar-refractivity contribution < 1.29 is 69.4 Å². The highest BCUT2D eigenvalue weighted by molar-refractivity contribution is 5.82. The minimum atomic E-state index is -2.27. The van der Waals surface area contributed by atoms with Crippen LogP contribution in [0.25, 0.3) is 0 Å². The van der Waals surface area contributed by atoms with Gasteiger partial charge in [-0.05, 0) is 19.9 Å². The molecule has 15 heteroatoms. The highest BCUT2D eigenvalue weighted by Crippen LogP contribution is 2.38. The molecule has 0 radical (unpaired) electrons. The van der Waals surface area contributed by atoms with E-state index in [1.165, 1.54) is 6.08 Å². The van der Waals surface area contributed by atoms with Gasteiger partial charge in [0.05, 0.1) is 54.9 Å². The maximum atomic E-state index is 12.3. The highest BCUT2D eigenvalue weighted by Gasteiger charge is 2.51. The van der Waals surface area contributed by atoms with Crippen molar-refractivity contribution in [3.05, 3.63) is 60.8 Å². The molecule has 3 aliphatic heterocycles. The summed E-state index contributed by atoms with van der Waals surface area (Å²) in [5, 5.41) is 84.7. The van der Waals surface area contributed by atoms with E-state index in [4.69, 9.17) is 24.7 Å². The van der Waals surface area contributed by atoms with Crippen LogP contribution in [0.4, 0.5) is 0 Å². The Kier molecular flexibility index (Phi) is 15.3. The lowest BCUT2D eigenvalue weighted by atomic mass is 9.82. The van der Waals surface area contributed by atoms with Crippen LogP contribution in [0, 0.1) is 11.8 Å². The number of aliphatic carboxylic acids is 1. The van der Waals surface area contributed by atoms with Crippen LogP contribution in [0.2, 0.25) is 0 Å². The number of allylic oxidation sites excluding steroid dienone is 6. The molecule has 3 rings (SSSR count). The zero-order valence-corrected chi connectivity index (χ0v) is 27.8. The molecule has 3 aliphatic rings. The molecular formula is C34H51NO14. The highest BCUT2D eigenvalue weighted by atomic mass is 16.7. The molecule has 0 aromatic rings. The molecule has 1 unspecified atom stereocenters. The van der Waals surface area contributed by atoms with Crippen LogP contribution in [-0.2, 0) is 28.5 Å². The molecule has 3 heterocycles. The third-order valence-electron chi connectivity index (χ3n) is 8.90. The van der Waals surface area contributed by atoms with Crippen LogP contribution < -0.4 is 5.73 Å². The van der Waals surface area contributed by atoms with Gasteiger partial charge in [-0.1, -0.05) is 55.5 Å². The average Bonchev–Trinajstić information content (AvgIpc) is 3.00. The second-order valence-electron chi connectivity index (χ2n) is 13.0. The predicted octanol–water partition coefficient (Wildman–Crippen LogP) is -0.680. The van der Waals surface area contributed by atoms with Crippen molar-refractivity contribution in [2.75, 3.05) is 0 Å². The van der Waals surface area contributed by atoms with Crippen LogP contribution in [-0.4, -0.2) is 132 Å². The summed E-state index contributed by atoms with van der Waals surface area (Å²) in [6.07, 6.45) is -0.575. The van der Waals surface area contributed by atoms with Crippen LogP contribution in [0.15, 0.2) is 60.8 Å². The monoisotopic (exact) mass is 697 g/mol. The first kappa shape index (κ1) is 40.6. The molecule has 2 bridgehead atoms. The topological polar surface area (TPSA) is 259 Å². The van der Waals surface area contributed by atoms with E-state index in [0.29, 0.717) is 0 Å². The molecule has 0 spiro atoms. The molecule has 0 amide bonds. The van der Waals surface area contributed by atoms with E-state index in [0.717, 1.165) is 12.2 Å². The lowest BCUT2D eigenvalue weighted by Gasteiger charge is -2.45. The summed E-state index contributed by atoms with van der Waals surface area (Å²) in [5.41, 5.74) is 5.96. The van der Waals surface area contributed by atoms with Gasteiger partial charge in [-0.25, -0.2) is 4.79 Å². The first-order valence-corrected chi connectivity index (χ1v) is 16.4. The lowest BCUT2D eigenvalue weighted by Crippen LogP contribution is -2.61. The smallest absolute Gasteiger partial charge is 0.330 e. The first-order valence-electron chi connectivity index (χ1n) is 16.4. The number of ether oxygens (including phenoxy) is 4. The predicted molar refractivity (Wildman–Crippen MR) is 173 cm³/mol. The molecule has 15 nitrogen and oxygen atoms in total. The molecule has 276 valence electrons. The largest absolute Gasteiger partial charge is 0.481 e. The van der Waals surface area contributed by atoms with Gasteiger partial charge < -0.3 is 65.5 Å². The van der Waals surface area contributed by atoms with E-state index in [2.05, 4.69) is 0 Å². The number of nitrogens with two attached hydrogens (primary N) is 1. The van der Waals surface area contributed by atoms with Crippen molar-refractivity contribution in [1.82, 2.24) is 0 Å². The number of carboxylic acids is 1. The SMILES string of the molecule is C[C@H]1/C=C/C=C/C=C/C=C/[C@H](O[C@@H]2O[C@H](C)[C@@H](O)[C@H](N)[C@@H]2O)CC2O[C@](O)(C[C@@H](O)C[C@@H](O)[C@H](O)/C=C/C(=O)O[C@@H]1C)C[C@H](O)[C@H]2C(=O)O. The summed E-state index contributed by atoms with van der Waals surface area (Å²) in [6, 6.07) is -1.11. The van der Waals surface area contributed by atoms with E-state index in [1.807, 2.05) is 13.0 Å². The fourth-order valence-electron chi connectivity index (χ4n) is 5.86. The van der Waals surface area contributed by atoms with Crippen molar-refractivity contribution in [2.24, 2.45) is 17.6 Å². The lowest BCUT2D eigenvalue weighted by molar-refractivity contribution is -0.308. The third-order valence-corrected chi connectivity index (χ3v) is 8.90. The van der Waals surface area contributed by atoms with E-state index < -0.39 is 116 Å². The number of cyclic esters (lactones) is 1. The van der Waals surface area contributed by atoms with E-state index >= 15 is 0 Å². The summed E-state index contributed by atoms with van der Waals surface area (Å²) < 4.78 is 22.9. The molecule has 10 N–H and O–H groups in total.